The molecule has 0 fully saturated rings. The van der Waals surface area contributed by atoms with Gasteiger partial charge in [-0.2, -0.15) is 10.1 Å². The van der Waals surface area contributed by atoms with E-state index >= 15 is 0 Å². The number of allylic oxidation sites excluding steroid dienone is 1. The maximum Gasteiger partial charge on any atom is 0.300 e. The molecule has 3 rings (SSSR count). The minimum atomic E-state index is -0.316. The maximum absolute atomic E-state index is 12.5. The van der Waals surface area contributed by atoms with Crippen LogP contribution in [0.3, 0.4) is 0 Å². The molecule has 0 aliphatic rings. The lowest BCUT2D eigenvalue weighted by molar-refractivity contribution is 0.0992. The lowest BCUT2D eigenvalue weighted by atomic mass is 10.2. The lowest BCUT2D eigenvalue weighted by Crippen LogP contribution is -2.16. The Morgan fingerprint density at radius 1 is 1.43 bits per heavy atom. The van der Waals surface area contributed by atoms with Gasteiger partial charge in [-0.3, -0.25) is 9.48 Å². The molecule has 0 radical (unpaired) electrons. The van der Waals surface area contributed by atoms with E-state index < -0.39 is 0 Å². The molecular formula is C17H18N4OS. The highest BCUT2D eigenvalue weighted by Crippen LogP contribution is 2.19. The zero-order valence-electron chi connectivity index (χ0n) is 13.4. The molecule has 0 atom stereocenters. The van der Waals surface area contributed by atoms with Gasteiger partial charge in [-0.1, -0.05) is 23.5 Å². The zero-order valence-corrected chi connectivity index (χ0v) is 14.2. The number of carbonyl (C=O) groups is 1. The number of fused-ring (bicyclic) bond motifs is 1. The van der Waals surface area contributed by atoms with Crippen LogP contribution in [0.25, 0.3) is 10.2 Å². The number of hydrogen-bond donors (Lipinski definition) is 0. The second-order valence-electron chi connectivity index (χ2n) is 5.51. The summed E-state index contributed by atoms with van der Waals surface area (Å²) in [6.07, 6.45) is 3.62. The van der Waals surface area contributed by atoms with E-state index in [-0.39, 0.29) is 5.91 Å². The molecule has 6 heteroatoms. The summed E-state index contributed by atoms with van der Waals surface area (Å²) in [5, 5.41) is 4.20. The van der Waals surface area contributed by atoms with E-state index in [2.05, 4.69) is 41.8 Å². The number of benzene rings is 1. The van der Waals surface area contributed by atoms with E-state index in [1.165, 1.54) is 16.9 Å². The zero-order chi connectivity index (χ0) is 16.6. The monoisotopic (exact) mass is 326 g/mol. The van der Waals surface area contributed by atoms with E-state index in [9.17, 15) is 4.79 Å². The van der Waals surface area contributed by atoms with Gasteiger partial charge in [-0.05, 0) is 31.5 Å². The molecule has 1 aromatic carbocycles. The highest BCUT2D eigenvalue weighted by atomic mass is 32.1. The molecule has 118 valence electrons. The number of nitrogens with zero attached hydrogens (tertiary/aromatic N) is 4. The largest absolute Gasteiger partial charge is 0.312 e. The molecule has 5 nitrogen and oxygen atoms in total. The topological polar surface area (TPSA) is 52.2 Å². The maximum atomic E-state index is 12.5. The van der Waals surface area contributed by atoms with Gasteiger partial charge in [-0.15, -0.1) is 6.58 Å². The van der Waals surface area contributed by atoms with E-state index in [0.717, 1.165) is 15.8 Å². The van der Waals surface area contributed by atoms with Crippen molar-refractivity contribution in [1.29, 1.82) is 0 Å². The summed E-state index contributed by atoms with van der Waals surface area (Å²) >= 11 is 1.51. The SMILES string of the molecule is C=CCn1c(=NC(=O)c2nn(C)cc2C)sc2cc(C)ccc21. The van der Waals surface area contributed by atoms with Crippen LogP contribution in [0, 0.1) is 13.8 Å². The predicted molar refractivity (Wildman–Crippen MR) is 92.6 cm³/mol. The Hall–Kier alpha value is -2.47. The molecule has 0 saturated heterocycles. The van der Waals surface area contributed by atoms with Crippen LogP contribution in [-0.4, -0.2) is 20.3 Å². The van der Waals surface area contributed by atoms with Crippen molar-refractivity contribution in [3.05, 3.63) is 58.7 Å². The molecule has 3 aromatic rings. The number of aryl methyl sites for hydroxylation is 3. The van der Waals surface area contributed by atoms with Gasteiger partial charge in [-0.25, -0.2) is 0 Å². The van der Waals surface area contributed by atoms with Gasteiger partial charge < -0.3 is 4.57 Å². The Morgan fingerprint density at radius 2 is 2.22 bits per heavy atom. The van der Waals surface area contributed by atoms with Crippen molar-refractivity contribution in [3.63, 3.8) is 0 Å². The van der Waals surface area contributed by atoms with Crippen LogP contribution < -0.4 is 4.80 Å². The molecule has 0 aliphatic carbocycles. The minimum Gasteiger partial charge on any atom is -0.312 e. The fourth-order valence-electron chi connectivity index (χ4n) is 2.53. The summed E-state index contributed by atoms with van der Waals surface area (Å²) < 4.78 is 4.74. The average Bonchev–Trinajstić information content (AvgIpc) is 2.99. The van der Waals surface area contributed by atoms with E-state index in [0.29, 0.717) is 17.0 Å². The second-order valence-corrected chi connectivity index (χ2v) is 6.52. The number of thiazole rings is 1. The van der Waals surface area contributed by atoms with Crippen molar-refractivity contribution in [3.8, 4) is 0 Å². The molecule has 0 spiro atoms. The summed E-state index contributed by atoms with van der Waals surface area (Å²) in [5.41, 5.74) is 3.47. The number of amides is 1. The van der Waals surface area contributed by atoms with Crippen LogP contribution in [0.5, 0.6) is 0 Å². The normalized spacial score (nSPS) is 12.0. The van der Waals surface area contributed by atoms with E-state index in [1.54, 1.807) is 11.7 Å². The fraction of sp³-hybridized carbons (Fsp3) is 0.235. The van der Waals surface area contributed by atoms with Gasteiger partial charge in [0.05, 0.1) is 10.2 Å². The third kappa shape index (κ3) is 2.90. The first kappa shape index (κ1) is 15.4. The summed E-state index contributed by atoms with van der Waals surface area (Å²) in [5.74, 6) is -0.316. The third-order valence-corrected chi connectivity index (χ3v) is 4.60. The van der Waals surface area contributed by atoms with Gasteiger partial charge in [0.1, 0.15) is 0 Å². The number of rotatable bonds is 3. The van der Waals surface area contributed by atoms with Gasteiger partial charge in [0.25, 0.3) is 5.91 Å². The first-order valence-corrected chi connectivity index (χ1v) is 8.11. The molecule has 0 bridgehead atoms. The number of aromatic nitrogens is 3. The smallest absolute Gasteiger partial charge is 0.300 e. The predicted octanol–water partition coefficient (Wildman–Crippen LogP) is 2.98. The third-order valence-electron chi connectivity index (χ3n) is 3.56. The Morgan fingerprint density at radius 3 is 2.87 bits per heavy atom. The molecule has 0 unspecified atom stereocenters. The molecule has 0 N–H and O–H groups in total. The van der Waals surface area contributed by atoms with Crippen molar-refractivity contribution < 1.29 is 4.79 Å². The van der Waals surface area contributed by atoms with E-state index in [4.69, 9.17) is 0 Å². The Labute approximate surface area is 138 Å². The first-order chi connectivity index (χ1) is 11.0. The molecule has 1 amide bonds. The van der Waals surface area contributed by atoms with Crippen molar-refractivity contribution in [2.24, 2.45) is 12.0 Å². The fourth-order valence-corrected chi connectivity index (χ4v) is 3.67. The number of hydrogen-bond acceptors (Lipinski definition) is 3. The van der Waals surface area contributed by atoms with Gasteiger partial charge >= 0.3 is 0 Å². The summed E-state index contributed by atoms with van der Waals surface area (Å²) in [7, 11) is 1.80. The van der Waals surface area contributed by atoms with Crippen molar-refractivity contribution >= 4 is 27.5 Å². The van der Waals surface area contributed by atoms with Gasteiger partial charge in [0, 0.05) is 25.4 Å². The van der Waals surface area contributed by atoms with Crippen molar-refractivity contribution in [2.75, 3.05) is 0 Å². The van der Waals surface area contributed by atoms with Crippen LogP contribution in [0.15, 0.2) is 42.0 Å². The molecule has 0 saturated carbocycles. The number of carbonyl (C=O) groups excluding carboxylic acids is 1. The van der Waals surface area contributed by atoms with Crippen LogP contribution in [0.4, 0.5) is 0 Å². The Balaban J connectivity index is 2.17. The highest BCUT2D eigenvalue weighted by Gasteiger charge is 2.13. The van der Waals surface area contributed by atoms with Crippen LogP contribution in [0.2, 0.25) is 0 Å². The summed E-state index contributed by atoms with van der Waals surface area (Å²) in [4.78, 5) is 17.4. The Bertz CT molecular complexity index is 974. The van der Waals surface area contributed by atoms with Crippen LogP contribution >= 0.6 is 11.3 Å². The van der Waals surface area contributed by atoms with Gasteiger partial charge in [0.15, 0.2) is 10.5 Å². The summed E-state index contributed by atoms with van der Waals surface area (Å²) in [6, 6.07) is 6.22. The van der Waals surface area contributed by atoms with Crippen molar-refractivity contribution in [2.45, 2.75) is 20.4 Å². The van der Waals surface area contributed by atoms with Crippen LogP contribution in [0.1, 0.15) is 21.6 Å². The van der Waals surface area contributed by atoms with E-state index in [1.807, 2.05) is 23.8 Å². The molecular weight excluding hydrogens is 308 g/mol. The standard InChI is InChI=1S/C17H18N4OS/c1-5-8-21-13-7-6-11(2)9-14(13)23-17(21)18-16(22)15-12(3)10-20(4)19-15/h5-7,9-10H,1,8H2,2-4H3. The second kappa shape index (κ2) is 5.96. The lowest BCUT2D eigenvalue weighted by Gasteiger charge is -2.01. The molecule has 23 heavy (non-hydrogen) atoms. The Kier molecular flexibility index (Phi) is 4.00. The minimum absolute atomic E-state index is 0.316. The summed E-state index contributed by atoms with van der Waals surface area (Å²) in [6.45, 7) is 8.32. The molecule has 2 heterocycles. The molecule has 2 aromatic heterocycles. The average molecular weight is 326 g/mol. The molecule has 0 aliphatic heterocycles. The van der Waals surface area contributed by atoms with Crippen LogP contribution in [-0.2, 0) is 13.6 Å². The van der Waals surface area contributed by atoms with Crippen molar-refractivity contribution in [1.82, 2.24) is 14.3 Å². The quantitative estimate of drug-likeness (QED) is 0.695. The highest BCUT2D eigenvalue weighted by molar-refractivity contribution is 7.16. The first-order valence-electron chi connectivity index (χ1n) is 7.30. The van der Waals surface area contributed by atoms with Gasteiger partial charge in [0.2, 0.25) is 0 Å².